The van der Waals surface area contributed by atoms with Gasteiger partial charge in [0.2, 0.25) is 5.91 Å². The Hall–Kier alpha value is -1.13. The Morgan fingerprint density at radius 3 is 2.42 bits per heavy atom. The Bertz CT molecular complexity index is 450. The van der Waals surface area contributed by atoms with E-state index in [1.807, 2.05) is 4.90 Å². The number of nitrogen functional groups attached to an aromatic ring is 1. The lowest BCUT2D eigenvalue weighted by molar-refractivity contribution is -0.129. The minimum atomic E-state index is 0.174. The van der Waals surface area contributed by atoms with E-state index in [0.717, 1.165) is 25.9 Å². The third-order valence-corrected chi connectivity index (χ3v) is 3.76. The van der Waals surface area contributed by atoms with Crippen LogP contribution in [0.3, 0.4) is 0 Å². The number of rotatable bonds is 4. The van der Waals surface area contributed by atoms with E-state index in [0.29, 0.717) is 34.4 Å². The number of hydrogen-bond acceptors (Lipinski definition) is 3. The van der Waals surface area contributed by atoms with E-state index >= 15 is 0 Å². The maximum Gasteiger partial charge on any atom is 0.224 e. The molecule has 0 aliphatic carbocycles. The second-order valence-electron chi connectivity index (χ2n) is 4.62. The van der Waals surface area contributed by atoms with Crippen molar-refractivity contribution in [1.29, 1.82) is 0 Å². The Morgan fingerprint density at radius 1 is 1.26 bits per heavy atom. The third kappa shape index (κ3) is 3.67. The fraction of sp³-hybridized carbons (Fsp3) is 0.462. The number of nitrogens with one attached hydrogen (secondary N) is 1. The van der Waals surface area contributed by atoms with E-state index in [1.54, 1.807) is 12.1 Å². The summed E-state index contributed by atoms with van der Waals surface area (Å²) in [5, 5.41) is 4.04. The topological polar surface area (TPSA) is 58.4 Å². The van der Waals surface area contributed by atoms with Crippen molar-refractivity contribution in [3.05, 3.63) is 22.2 Å². The van der Waals surface area contributed by atoms with Crippen molar-refractivity contribution in [2.45, 2.75) is 19.3 Å². The summed E-state index contributed by atoms with van der Waals surface area (Å²) in [7, 11) is 0. The largest absolute Gasteiger partial charge is 0.399 e. The van der Waals surface area contributed by atoms with Gasteiger partial charge in [-0.1, -0.05) is 23.2 Å². The molecule has 104 valence electrons. The van der Waals surface area contributed by atoms with Crippen LogP contribution >= 0.6 is 23.2 Å². The van der Waals surface area contributed by atoms with Crippen LogP contribution in [-0.2, 0) is 4.79 Å². The van der Waals surface area contributed by atoms with E-state index in [-0.39, 0.29) is 5.91 Å². The molecule has 0 saturated carbocycles. The molecule has 1 aliphatic rings. The first-order chi connectivity index (χ1) is 9.08. The summed E-state index contributed by atoms with van der Waals surface area (Å²) in [6.45, 7) is 2.27. The van der Waals surface area contributed by atoms with Crippen LogP contribution in [-0.4, -0.2) is 30.4 Å². The van der Waals surface area contributed by atoms with Crippen molar-refractivity contribution in [2.24, 2.45) is 0 Å². The van der Waals surface area contributed by atoms with Crippen molar-refractivity contribution in [2.75, 3.05) is 30.7 Å². The molecule has 0 bridgehead atoms. The number of carbonyl (C=O) groups is 1. The zero-order chi connectivity index (χ0) is 13.8. The van der Waals surface area contributed by atoms with Gasteiger partial charge in [0.15, 0.2) is 0 Å². The van der Waals surface area contributed by atoms with Gasteiger partial charge in [0.1, 0.15) is 0 Å². The van der Waals surface area contributed by atoms with Gasteiger partial charge in [0.25, 0.3) is 0 Å². The summed E-state index contributed by atoms with van der Waals surface area (Å²) in [6, 6.07) is 3.27. The average molecular weight is 302 g/mol. The summed E-state index contributed by atoms with van der Waals surface area (Å²) >= 11 is 12.1. The maximum absolute atomic E-state index is 11.9. The summed E-state index contributed by atoms with van der Waals surface area (Å²) in [5.74, 6) is 0.174. The molecule has 0 unspecified atom stereocenters. The summed E-state index contributed by atoms with van der Waals surface area (Å²) in [4.78, 5) is 13.8. The molecule has 19 heavy (non-hydrogen) atoms. The predicted octanol–water partition coefficient (Wildman–Crippen LogP) is 3.00. The molecule has 1 saturated heterocycles. The number of carbonyl (C=O) groups excluding carboxylic acids is 1. The third-order valence-electron chi connectivity index (χ3n) is 3.16. The number of nitrogens with zero attached hydrogens (tertiary/aromatic N) is 1. The van der Waals surface area contributed by atoms with Crippen LogP contribution in [0.15, 0.2) is 12.1 Å². The van der Waals surface area contributed by atoms with Gasteiger partial charge in [-0.05, 0) is 25.0 Å². The molecule has 3 N–H and O–H groups in total. The molecule has 2 rings (SSSR count). The monoisotopic (exact) mass is 301 g/mol. The Morgan fingerprint density at radius 2 is 1.84 bits per heavy atom. The number of likely N-dealkylation sites (tertiary alicyclic amines) is 1. The Labute approximate surface area is 122 Å². The van der Waals surface area contributed by atoms with Crippen LogP contribution in [0.5, 0.6) is 0 Å². The number of amides is 1. The molecule has 0 radical (unpaired) electrons. The fourth-order valence-corrected chi connectivity index (χ4v) is 2.82. The van der Waals surface area contributed by atoms with Gasteiger partial charge in [-0.25, -0.2) is 0 Å². The van der Waals surface area contributed by atoms with Crippen molar-refractivity contribution in [3.63, 3.8) is 0 Å². The number of benzene rings is 1. The zero-order valence-electron chi connectivity index (χ0n) is 10.6. The molecule has 1 amide bonds. The van der Waals surface area contributed by atoms with Gasteiger partial charge in [-0.15, -0.1) is 0 Å². The number of halogens is 2. The Kier molecular flexibility index (Phi) is 4.77. The standard InChI is InChI=1S/C13H17Cl2N3O/c14-10-7-9(16)8-11(15)13(10)17-4-3-12(19)18-5-1-2-6-18/h7-8,17H,1-6,16H2. The van der Waals surface area contributed by atoms with Gasteiger partial charge in [0.05, 0.1) is 15.7 Å². The van der Waals surface area contributed by atoms with E-state index in [1.165, 1.54) is 0 Å². The van der Waals surface area contributed by atoms with E-state index in [2.05, 4.69) is 5.32 Å². The van der Waals surface area contributed by atoms with Gasteiger partial charge in [-0.2, -0.15) is 0 Å². The zero-order valence-corrected chi connectivity index (χ0v) is 12.1. The van der Waals surface area contributed by atoms with Crippen LogP contribution < -0.4 is 11.1 Å². The highest BCUT2D eigenvalue weighted by Gasteiger charge is 2.17. The SMILES string of the molecule is Nc1cc(Cl)c(NCCC(=O)N2CCCC2)c(Cl)c1. The van der Waals surface area contributed by atoms with Gasteiger partial charge >= 0.3 is 0 Å². The molecule has 1 aromatic carbocycles. The lowest BCUT2D eigenvalue weighted by Crippen LogP contribution is -2.29. The van der Waals surface area contributed by atoms with Crippen molar-refractivity contribution in [3.8, 4) is 0 Å². The highest BCUT2D eigenvalue weighted by molar-refractivity contribution is 6.39. The van der Waals surface area contributed by atoms with Crippen LogP contribution in [0, 0.1) is 0 Å². The van der Waals surface area contributed by atoms with Crippen LogP contribution in [0.1, 0.15) is 19.3 Å². The molecule has 0 atom stereocenters. The van der Waals surface area contributed by atoms with E-state index in [4.69, 9.17) is 28.9 Å². The molecule has 0 aromatic heterocycles. The first kappa shape index (κ1) is 14.3. The molecule has 4 nitrogen and oxygen atoms in total. The molecule has 1 aliphatic heterocycles. The van der Waals surface area contributed by atoms with E-state index < -0.39 is 0 Å². The predicted molar refractivity (Wildman–Crippen MR) is 79.8 cm³/mol. The highest BCUT2D eigenvalue weighted by Crippen LogP contribution is 2.32. The first-order valence-corrected chi connectivity index (χ1v) is 7.09. The molecular weight excluding hydrogens is 285 g/mol. The van der Waals surface area contributed by atoms with Crippen molar-refractivity contribution in [1.82, 2.24) is 4.90 Å². The molecule has 1 fully saturated rings. The molecule has 6 heteroatoms. The minimum Gasteiger partial charge on any atom is -0.399 e. The summed E-state index contributed by atoms with van der Waals surface area (Å²) in [6.07, 6.45) is 2.65. The second-order valence-corrected chi connectivity index (χ2v) is 5.44. The number of nitrogens with two attached hydrogens (primary N) is 1. The van der Waals surface area contributed by atoms with Gasteiger partial charge in [0, 0.05) is 31.7 Å². The second kappa shape index (κ2) is 6.35. The van der Waals surface area contributed by atoms with Crippen molar-refractivity contribution < 1.29 is 4.79 Å². The van der Waals surface area contributed by atoms with Crippen LogP contribution in [0.4, 0.5) is 11.4 Å². The lowest BCUT2D eigenvalue weighted by Gasteiger charge is -2.16. The normalized spacial score (nSPS) is 14.7. The summed E-state index contributed by atoms with van der Waals surface area (Å²) < 4.78 is 0. The molecular formula is C13H17Cl2N3O. The van der Waals surface area contributed by atoms with Crippen LogP contribution in [0.25, 0.3) is 0 Å². The molecule has 1 heterocycles. The smallest absolute Gasteiger partial charge is 0.224 e. The quantitative estimate of drug-likeness (QED) is 0.841. The lowest BCUT2D eigenvalue weighted by atomic mass is 10.2. The molecule has 1 aromatic rings. The summed E-state index contributed by atoms with van der Waals surface area (Å²) in [5.41, 5.74) is 6.78. The minimum absolute atomic E-state index is 0.174. The van der Waals surface area contributed by atoms with E-state index in [9.17, 15) is 4.79 Å². The average Bonchev–Trinajstić information content (AvgIpc) is 2.85. The maximum atomic E-state index is 11.9. The van der Waals surface area contributed by atoms with Gasteiger partial charge < -0.3 is 16.0 Å². The molecule has 0 spiro atoms. The van der Waals surface area contributed by atoms with Crippen molar-refractivity contribution >= 4 is 40.5 Å². The fourth-order valence-electron chi connectivity index (χ4n) is 2.18. The number of hydrogen-bond donors (Lipinski definition) is 2. The highest BCUT2D eigenvalue weighted by atomic mass is 35.5. The Balaban J connectivity index is 1.87. The van der Waals surface area contributed by atoms with Gasteiger partial charge in [-0.3, -0.25) is 4.79 Å². The first-order valence-electron chi connectivity index (χ1n) is 6.34. The van der Waals surface area contributed by atoms with Crippen LogP contribution in [0.2, 0.25) is 10.0 Å². The number of anilines is 2.